The average Bonchev–Trinajstić information content (AvgIpc) is 2.85. The highest BCUT2D eigenvalue weighted by molar-refractivity contribution is 5.18. The summed E-state index contributed by atoms with van der Waals surface area (Å²) in [6.45, 7) is 5.66. The van der Waals surface area contributed by atoms with E-state index in [4.69, 9.17) is 4.74 Å². The second-order valence-corrected chi connectivity index (χ2v) is 5.02. The lowest BCUT2D eigenvalue weighted by molar-refractivity contribution is 0.174. The molecule has 0 aliphatic carbocycles. The molecule has 17 heavy (non-hydrogen) atoms. The van der Waals surface area contributed by atoms with Gasteiger partial charge in [-0.2, -0.15) is 0 Å². The Morgan fingerprint density at radius 1 is 1.35 bits per heavy atom. The number of likely N-dealkylation sites (tertiary alicyclic amines) is 1. The van der Waals surface area contributed by atoms with Gasteiger partial charge in [0.2, 0.25) is 0 Å². The summed E-state index contributed by atoms with van der Waals surface area (Å²) < 4.78 is 5.17. The van der Waals surface area contributed by atoms with Crippen molar-refractivity contribution in [3.63, 3.8) is 0 Å². The van der Waals surface area contributed by atoms with Gasteiger partial charge in [-0.25, -0.2) is 0 Å². The summed E-state index contributed by atoms with van der Waals surface area (Å²) in [5.41, 5.74) is 1.43. The molecule has 0 aromatic heterocycles. The van der Waals surface area contributed by atoms with Crippen LogP contribution in [0.3, 0.4) is 0 Å². The molecule has 0 N–H and O–H groups in total. The third-order valence-corrected chi connectivity index (χ3v) is 3.88. The van der Waals surface area contributed by atoms with E-state index in [9.17, 15) is 0 Å². The predicted molar refractivity (Wildman–Crippen MR) is 71.0 cm³/mol. The van der Waals surface area contributed by atoms with E-state index in [0.717, 1.165) is 12.5 Å². The standard InChI is InChI=1S/C15H23NO/c1-13(15-6-4-3-5-7-15)16-10-8-14(12-16)9-11-17-2/h3-7,13-14H,8-12H2,1-2H3. The summed E-state index contributed by atoms with van der Waals surface area (Å²) in [4.78, 5) is 2.59. The zero-order chi connectivity index (χ0) is 12.1. The van der Waals surface area contributed by atoms with E-state index >= 15 is 0 Å². The molecular weight excluding hydrogens is 210 g/mol. The highest BCUT2D eigenvalue weighted by Gasteiger charge is 2.26. The number of hydrogen-bond acceptors (Lipinski definition) is 2. The van der Waals surface area contributed by atoms with Crippen LogP contribution in [-0.2, 0) is 4.74 Å². The molecule has 1 aromatic rings. The molecule has 2 unspecified atom stereocenters. The van der Waals surface area contributed by atoms with Crippen LogP contribution in [0.2, 0.25) is 0 Å². The van der Waals surface area contributed by atoms with Crippen LogP contribution in [0, 0.1) is 5.92 Å². The second kappa shape index (κ2) is 6.18. The molecular formula is C15H23NO. The fraction of sp³-hybridized carbons (Fsp3) is 0.600. The van der Waals surface area contributed by atoms with Crippen molar-refractivity contribution in [3.05, 3.63) is 35.9 Å². The van der Waals surface area contributed by atoms with E-state index in [1.807, 2.05) is 0 Å². The Bertz CT molecular complexity index is 325. The van der Waals surface area contributed by atoms with E-state index < -0.39 is 0 Å². The Morgan fingerprint density at radius 2 is 2.12 bits per heavy atom. The molecule has 2 heteroatoms. The maximum Gasteiger partial charge on any atom is 0.0465 e. The molecule has 1 aromatic carbocycles. The first-order valence-electron chi connectivity index (χ1n) is 6.59. The van der Waals surface area contributed by atoms with E-state index in [-0.39, 0.29) is 0 Å². The fourth-order valence-corrected chi connectivity index (χ4v) is 2.68. The highest BCUT2D eigenvalue weighted by Crippen LogP contribution is 2.28. The largest absolute Gasteiger partial charge is 0.385 e. The van der Waals surface area contributed by atoms with Crippen LogP contribution < -0.4 is 0 Å². The number of ether oxygens (including phenoxy) is 1. The molecule has 0 saturated carbocycles. The number of hydrogen-bond donors (Lipinski definition) is 0. The first-order valence-corrected chi connectivity index (χ1v) is 6.59. The van der Waals surface area contributed by atoms with Crippen LogP contribution in [0.5, 0.6) is 0 Å². The van der Waals surface area contributed by atoms with Crippen molar-refractivity contribution >= 4 is 0 Å². The van der Waals surface area contributed by atoms with E-state index in [1.54, 1.807) is 7.11 Å². The maximum atomic E-state index is 5.17. The monoisotopic (exact) mass is 233 g/mol. The summed E-state index contributed by atoms with van der Waals surface area (Å²) >= 11 is 0. The van der Waals surface area contributed by atoms with Crippen molar-refractivity contribution in [2.75, 3.05) is 26.8 Å². The van der Waals surface area contributed by atoms with Crippen molar-refractivity contribution in [3.8, 4) is 0 Å². The van der Waals surface area contributed by atoms with Gasteiger partial charge in [0.05, 0.1) is 0 Å². The number of nitrogens with zero attached hydrogens (tertiary/aromatic N) is 1. The smallest absolute Gasteiger partial charge is 0.0465 e. The van der Waals surface area contributed by atoms with Gasteiger partial charge in [0.15, 0.2) is 0 Å². The molecule has 2 rings (SSSR count). The first kappa shape index (κ1) is 12.6. The van der Waals surface area contributed by atoms with Gasteiger partial charge in [-0.1, -0.05) is 30.3 Å². The van der Waals surface area contributed by atoms with Crippen LogP contribution >= 0.6 is 0 Å². The lowest BCUT2D eigenvalue weighted by Crippen LogP contribution is -2.24. The molecule has 1 saturated heterocycles. The second-order valence-electron chi connectivity index (χ2n) is 5.02. The van der Waals surface area contributed by atoms with Gasteiger partial charge in [-0.3, -0.25) is 4.90 Å². The lowest BCUT2D eigenvalue weighted by atomic mass is 10.1. The van der Waals surface area contributed by atoms with Crippen molar-refractivity contribution < 1.29 is 4.74 Å². The van der Waals surface area contributed by atoms with Gasteiger partial charge in [0, 0.05) is 26.3 Å². The minimum absolute atomic E-state index is 0.545. The Labute approximate surface area is 105 Å². The molecule has 0 spiro atoms. The van der Waals surface area contributed by atoms with Gasteiger partial charge >= 0.3 is 0 Å². The van der Waals surface area contributed by atoms with Crippen molar-refractivity contribution in [1.29, 1.82) is 0 Å². The van der Waals surface area contributed by atoms with Gasteiger partial charge in [-0.15, -0.1) is 0 Å². The predicted octanol–water partition coefficient (Wildman–Crippen LogP) is 3.11. The number of benzene rings is 1. The van der Waals surface area contributed by atoms with E-state index in [1.165, 1.54) is 31.5 Å². The Hall–Kier alpha value is -0.860. The highest BCUT2D eigenvalue weighted by atomic mass is 16.5. The van der Waals surface area contributed by atoms with Gasteiger partial charge < -0.3 is 4.74 Å². The molecule has 1 heterocycles. The first-order chi connectivity index (χ1) is 8.31. The van der Waals surface area contributed by atoms with Crippen molar-refractivity contribution in [2.45, 2.75) is 25.8 Å². The molecule has 2 nitrogen and oxygen atoms in total. The summed E-state index contributed by atoms with van der Waals surface area (Å²) in [6.07, 6.45) is 2.52. The van der Waals surface area contributed by atoms with Gasteiger partial charge in [-0.05, 0) is 37.8 Å². The lowest BCUT2D eigenvalue weighted by Gasteiger charge is -2.24. The zero-order valence-corrected chi connectivity index (χ0v) is 10.9. The number of rotatable bonds is 5. The molecule has 1 aliphatic rings. The third-order valence-electron chi connectivity index (χ3n) is 3.88. The van der Waals surface area contributed by atoms with Crippen LogP contribution in [-0.4, -0.2) is 31.7 Å². The zero-order valence-electron chi connectivity index (χ0n) is 10.9. The van der Waals surface area contributed by atoms with Crippen LogP contribution in [0.15, 0.2) is 30.3 Å². The quantitative estimate of drug-likeness (QED) is 0.775. The van der Waals surface area contributed by atoms with E-state index in [0.29, 0.717) is 6.04 Å². The van der Waals surface area contributed by atoms with Crippen LogP contribution in [0.25, 0.3) is 0 Å². The average molecular weight is 233 g/mol. The Balaban J connectivity index is 1.88. The topological polar surface area (TPSA) is 12.5 Å². The number of methoxy groups -OCH3 is 1. The summed E-state index contributed by atoms with van der Waals surface area (Å²) in [5, 5.41) is 0. The van der Waals surface area contributed by atoms with E-state index in [2.05, 4.69) is 42.2 Å². The molecule has 0 amide bonds. The molecule has 1 aliphatic heterocycles. The minimum Gasteiger partial charge on any atom is -0.385 e. The fourth-order valence-electron chi connectivity index (χ4n) is 2.68. The maximum absolute atomic E-state index is 5.17. The normalized spacial score (nSPS) is 22.8. The Morgan fingerprint density at radius 3 is 2.82 bits per heavy atom. The summed E-state index contributed by atoms with van der Waals surface area (Å²) in [7, 11) is 1.79. The molecule has 0 bridgehead atoms. The van der Waals surface area contributed by atoms with Gasteiger partial charge in [0.25, 0.3) is 0 Å². The van der Waals surface area contributed by atoms with Gasteiger partial charge in [0.1, 0.15) is 0 Å². The summed E-state index contributed by atoms with van der Waals surface area (Å²) in [5.74, 6) is 0.820. The molecule has 94 valence electrons. The van der Waals surface area contributed by atoms with Crippen molar-refractivity contribution in [1.82, 2.24) is 4.90 Å². The molecule has 1 fully saturated rings. The molecule has 2 atom stereocenters. The third kappa shape index (κ3) is 3.30. The van der Waals surface area contributed by atoms with Crippen LogP contribution in [0.4, 0.5) is 0 Å². The van der Waals surface area contributed by atoms with Crippen molar-refractivity contribution in [2.24, 2.45) is 5.92 Å². The Kier molecular flexibility index (Phi) is 4.57. The SMILES string of the molecule is COCCC1CCN(C(C)c2ccccc2)C1. The minimum atomic E-state index is 0.545. The van der Waals surface area contributed by atoms with Crippen LogP contribution in [0.1, 0.15) is 31.4 Å². The molecule has 0 radical (unpaired) electrons. The summed E-state index contributed by atoms with van der Waals surface area (Å²) in [6, 6.07) is 11.3.